The third kappa shape index (κ3) is 3.26. The van der Waals surface area contributed by atoms with Crippen molar-refractivity contribution in [1.82, 2.24) is 10.2 Å². The van der Waals surface area contributed by atoms with Crippen LogP contribution in [0.4, 0.5) is 5.69 Å². The second-order valence-corrected chi connectivity index (χ2v) is 8.09. The number of nitrogens with one attached hydrogen (secondary N) is 1. The van der Waals surface area contributed by atoms with Crippen molar-refractivity contribution < 1.29 is 0 Å². The van der Waals surface area contributed by atoms with E-state index in [1.807, 2.05) is 6.07 Å². The Bertz CT molecular complexity index is 793. The van der Waals surface area contributed by atoms with Crippen LogP contribution >= 0.6 is 23.2 Å². The topological polar surface area (TPSA) is 18.5 Å². The van der Waals surface area contributed by atoms with Gasteiger partial charge in [-0.25, -0.2) is 0 Å². The molecule has 2 aromatic rings. The van der Waals surface area contributed by atoms with Crippen molar-refractivity contribution in [1.29, 1.82) is 0 Å². The molecule has 1 fully saturated rings. The Labute approximate surface area is 159 Å². The van der Waals surface area contributed by atoms with E-state index in [1.54, 1.807) is 0 Å². The zero-order valence-electron chi connectivity index (χ0n) is 14.6. The van der Waals surface area contributed by atoms with Crippen LogP contribution in [0, 0.1) is 0 Å². The van der Waals surface area contributed by atoms with E-state index in [0.29, 0.717) is 11.1 Å². The molecule has 0 radical (unpaired) electrons. The molecule has 132 valence electrons. The zero-order chi connectivity index (χ0) is 17.6. The van der Waals surface area contributed by atoms with Crippen molar-refractivity contribution in [2.75, 3.05) is 31.7 Å². The predicted octanol–water partition coefficient (Wildman–Crippen LogP) is 4.33. The first-order valence-electron chi connectivity index (χ1n) is 8.76. The molecule has 25 heavy (non-hydrogen) atoms. The Kier molecular flexibility index (Phi) is 4.67. The number of halogens is 2. The molecule has 0 spiro atoms. The molecule has 0 bridgehead atoms. The summed E-state index contributed by atoms with van der Waals surface area (Å²) in [6.45, 7) is 5.99. The van der Waals surface area contributed by atoms with Crippen LogP contribution in [-0.2, 0) is 6.54 Å². The standard InChI is InChI=1S/C20H23Cl2N3/c1-13-9-25(12-23-13)20-6-4-3-5-15(20)17-10-24(2)11-18-16(17)7-14(21)8-19(18)22/h3-8,13,17,23H,9-12H2,1-2H3/t13?,17-/m0/s1. The summed E-state index contributed by atoms with van der Waals surface area (Å²) in [6, 6.07) is 13.2. The largest absolute Gasteiger partial charge is 0.357 e. The summed E-state index contributed by atoms with van der Waals surface area (Å²) >= 11 is 12.9. The molecule has 2 atom stereocenters. The lowest BCUT2D eigenvalue weighted by Gasteiger charge is -2.35. The molecule has 4 rings (SSSR count). The van der Waals surface area contributed by atoms with Crippen LogP contribution < -0.4 is 10.2 Å². The lowest BCUT2D eigenvalue weighted by Crippen LogP contribution is -2.32. The van der Waals surface area contributed by atoms with Gasteiger partial charge in [0.15, 0.2) is 0 Å². The zero-order valence-corrected chi connectivity index (χ0v) is 16.1. The Morgan fingerprint density at radius 1 is 1.08 bits per heavy atom. The Hall–Kier alpha value is -1.26. The summed E-state index contributed by atoms with van der Waals surface area (Å²) in [4.78, 5) is 4.77. The van der Waals surface area contributed by atoms with Gasteiger partial charge in [0.2, 0.25) is 0 Å². The number of likely N-dealkylation sites (N-methyl/N-ethyl adjacent to an activating group) is 1. The van der Waals surface area contributed by atoms with E-state index in [1.165, 1.54) is 22.4 Å². The molecular formula is C20H23Cl2N3. The molecule has 2 aliphatic rings. The van der Waals surface area contributed by atoms with Gasteiger partial charge in [0.05, 0.1) is 6.67 Å². The predicted molar refractivity (Wildman–Crippen MR) is 106 cm³/mol. The first-order valence-corrected chi connectivity index (χ1v) is 9.52. The summed E-state index contributed by atoms with van der Waals surface area (Å²) in [7, 11) is 2.16. The van der Waals surface area contributed by atoms with Crippen LogP contribution in [0.3, 0.4) is 0 Å². The molecule has 1 saturated heterocycles. The SMILES string of the molecule is CC1CN(c2ccccc2[C@@H]2CN(C)Cc3c(Cl)cc(Cl)cc32)CN1. The van der Waals surface area contributed by atoms with Gasteiger partial charge in [-0.3, -0.25) is 5.32 Å². The van der Waals surface area contributed by atoms with Crippen LogP contribution in [0.5, 0.6) is 0 Å². The van der Waals surface area contributed by atoms with Crippen molar-refractivity contribution >= 4 is 28.9 Å². The van der Waals surface area contributed by atoms with E-state index in [9.17, 15) is 0 Å². The third-order valence-electron chi connectivity index (χ3n) is 5.27. The van der Waals surface area contributed by atoms with Crippen molar-refractivity contribution in [2.45, 2.75) is 25.4 Å². The number of hydrogen-bond donors (Lipinski definition) is 1. The average molecular weight is 376 g/mol. The highest BCUT2D eigenvalue weighted by molar-refractivity contribution is 6.35. The van der Waals surface area contributed by atoms with E-state index in [4.69, 9.17) is 23.2 Å². The molecular weight excluding hydrogens is 353 g/mol. The first-order chi connectivity index (χ1) is 12.0. The molecule has 1 unspecified atom stereocenters. The van der Waals surface area contributed by atoms with Crippen LogP contribution in [0.1, 0.15) is 29.5 Å². The fourth-order valence-corrected chi connectivity index (χ4v) is 4.66. The fraction of sp³-hybridized carbons (Fsp3) is 0.400. The minimum Gasteiger partial charge on any atom is -0.357 e. The Balaban J connectivity index is 1.81. The van der Waals surface area contributed by atoms with Gasteiger partial charge in [0.25, 0.3) is 0 Å². The van der Waals surface area contributed by atoms with Gasteiger partial charge in [-0.15, -0.1) is 0 Å². The summed E-state index contributed by atoms with van der Waals surface area (Å²) in [5, 5.41) is 5.00. The summed E-state index contributed by atoms with van der Waals surface area (Å²) in [6.07, 6.45) is 0. The van der Waals surface area contributed by atoms with E-state index >= 15 is 0 Å². The molecule has 0 aliphatic carbocycles. The van der Waals surface area contributed by atoms with E-state index in [2.05, 4.69) is 59.4 Å². The maximum absolute atomic E-state index is 6.52. The molecule has 2 heterocycles. The van der Waals surface area contributed by atoms with Crippen molar-refractivity contribution in [3.63, 3.8) is 0 Å². The first kappa shape index (κ1) is 17.2. The van der Waals surface area contributed by atoms with Gasteiger partial charge in [0.1, 0.15) is 0 Å². The number of fused-ring (bicyclic) bond motifs is 1. The second kappa shape index (κ2) is 6.81. The van der Waals surface area contributed by atoms with Gasteiger partial charge in [-0.05, 0) is 48.9 Å². The van der Waals surface area contributed by atoms with Crippen LogP contribution in [0.2, 0.25) is 10.0 Å². The molecule has 5 heteroatoms. The smallest absolute Gasteiger partial charge is 0.0685 e. The lowest BCUT2D eigenvalue weighted by molar-refractivity contribution is 0.295. The summed E-state index contributed by atoms with van der Waals surface area (Å²) < 4.78 is 0. The lowest BCUT2D eigenvalue weighted by atomic mass is 9.83. The fourth-order valence-electron chi connectivity index (χ4n) is 4.09. The summed E-state index contributed by atoms with van der Waals surface area (Å²) in [5.74, 6) is 0.275. The van der Waals surface area contributed by atoms with E-state index < -0.39 is 0 Å². The average Bonchev–Trinajstić information content (AvgIpc) is 3.01. The highest BCUT2D eigenvalue weighted by Crippen LogP contribution is 2.41. The number of nitrogens with zero attached hydrogens (tertiary/aromatic N) is 2. The third-order valence-corrected chi connectivity index (χ3v) is 5.83. The minimum absolute atomic E-state index is 0.275. The van der Waals surface area contributed by atoms with Crippen molar-refractivity contribution in [2.24, 2.45) is 0 Å². The van der Waals surface area contributed by atoms with Crippen molar-refractivity contribution in [3.05, 3.63) is 63.1 Å². The van der Waals surface area contributed by atoms with Crippen LogP contribution in [0.15, 0.2) is 36.4 Å². The number of benzene rings is 2. The number of para-hydroxylation sites is 1. The maximum atomic E-state index is 6.52. The Morgan fingerprint density at radius 3 is 2.64 bits per heavy atom. The maximum Gasteiger partial charge on any atom is 0.0685 e. The molecule has 0 amide bonds. The molecule has 2 aromatic carbocycles. The number of anilines is 1. The second-order valence-electron chi connectivity index (χ2n) is 7.25. The van der Waals surface area contributed by atoms with E-state index in [-0.39, 0.29) is 5.92 Å². The van der Waals surface area contributed by atoms with Gasteiger partial charge in [-0.2, -0.15) is 0 Å². The van der Waals surface area contributed by atoms with Gasteiger partial charge in [-0.1, -0.05) is 41.4 Å². The number of hydrogen-bond acceptors (Lipinski definition) is 3. The van der Waals surface area contributed by atoms with Gasteiger partial charge < -0.3 is 9.80 Å². The molecule has 0 aromatic heterocycles. The molecule has 1 N–H and O–H groups in total. The van der Waals surface area contributed by atoms with Crippen LogP contribution in [0.25, 0.3) is 0 Å². The normalized spacial score (nSPS) is 23.8. The van der Waals surface area contributed by atoms with Gasteiger partial charge in [0, 0.05) is 47.3 Å². The minimum atomic E-state index is 0.275. The summed E-state index contributed by atoms with van der Waals surface area (Å²) in [5.41, 5.74) is 5.13. The monoisotopic (exact) mass is 375 g/mol. The molecule has 2 aliphatic heterocycles. The van der Waals surface area contributed by atoms with E-state index in [0.717, 1.165) is 31.3 Å². The highest BCUT2D eigenvalue weighted by atomic mass is 35.5. The highest BCUT2D eigenvalue weighted by Gasteiger charge is 2.30. The molecule has 0 saturated carbocycles. The van der Waals surface area contributed by atoms with Gasteiger partial charge >= 0.3 is 0 Å². The quantitative estimate of drug-likeness (QED) is 0.842. The van der Waals surface area contributed by atoms with Crippen LogP contribution in [-0.4, -0.2) is 37.7 Å². The number of rotatable bonds is 2. The molecule has 3 nitrogen and oxygen atoms in total. The van der Waals surface area contributed by atoms with Crippen molar-refractivity contribution in [3.8, 4) is 0 Å². The Morgan fingerprint density at radius 2 is 1.88 bits per heavy atom.